The van der Waals surface area contributed by atoms with Crippen LogP contribution in [0.1, 0.15) is 30.9 Å². The molecule has 3 aromatic rings. The van der Waals surface area contributed by atoms with Crippen LogP contribution < -0.4 is 4.72 Å². The third-order valence-electron chi connectivity index (χ3n) is 4.19. The molecule has 0 bridgehead atoms. The summed E-state index contributed by atoms with van der Waals surface area (Å²) in [6.07, 6.45) is 0. The summed E-state index contributed by atoms with van der Waals surface area (Å²) >= 11 is 0. The highest BCUT2D eigenvalue weighted by molar-refractivity contribution is 7.89. The van der Waals surface area contributed by atoms with E-state index in [0.717, 1.165) is 21.9 Å². The van der Waals surface area contributed by atoms with Gasteiger partial charge in [-0.25, -0.2) is 13.1 Å². The van der Waals surface area contributed by atoms with Gasteiger partial charge in [0, 0.05) is 6.54 Å². The van der Waals surface area contributed by atoms with Gasteiger partial charge in [-0.3, -0.25) is 0 Å². The summed E-state index contributed by atoms with van der Waals surface area (Å²) in [5.74, 6) is 0.380. The Morgan fingerprint density at radius 1 is 0.875 bits per heavy atom. The van der Waals surface area contributed by atoms with E-state index < -0.39 is 10.0 Å². The standard InChI is InChI=1S/C20H21NO2S/c1-15(2)16-10-12-19(13-11-16)24(22,23)21-14-18-8-5-7-17-6-3-4-9-20(17)18/h3-13,15,21H,14H2,1-2H3. The normalized spacial score (nSPS) is 12.0. The van der Waals surface area contributed by atoms with E-state index in [2.05, 4.69) is 18.6 Å². The maximum absolute atomic E-state index is 12.5. The zero-order valence-corrected chi connectivity index (χ0v) is 14.7. The van der Waals surface area contributed by atoms with Crippen LogP contribution in [0.5, 0.6) is 0 Å². The highest BCUT2D eigenvalue weighted by Gasteiger charge is 2.14. The Balaban J connectivity index is 1.82. The largest absolute Gasteiger partial charge is 0.240 e. The molecule has 0 saturated heterocycles. The number of sulfonamides is 1. The monoisotopic (exact) mass is 339 g/mol. The van der Waals surface area contributed by atoms with Crippen molar-refractivity contribution in [2.45, 2.75) is 31.2 Å². The molecule has 0 heterocycles. The zero-order valence-electron chi connectivity index (χ0n) is 13.9. The Bertz CT molecular complexity index is 940. The molecule has 0 aromatic heterocycles. The third kappa shape index (κ3) is 3.50. The van der Waals surface area contributed by atoms with E-state index in [1.165, 1.54) is 0 Å². The summed E-state index contributed by atoms with van der Waals surface area (Å²) in [6.45, 7) is 4.44. The summed E-state index contributed by atoms with van der Waals surface area (Å²) in [5.41, 5.74) is 2.10. The van der Waals surface area contributed by atoms with E-state index in [1.807, 2.05) is 54.6 Å². The molecule has 0 amide bonds. The van der Waals surface area contributed by atoms with Gasteiger partial charge < -0.3 is 0 Å². The quantitative estimate of drug-likeness (QED) is 0.747. The minimum atomic E-state index is -3.52. The topological polar surface area (TPSA) is 46.2 Å². The lowest BCUT2D eigenvalue weighted by Crippen LogP contribution is -2.23. The van der Waals surface area contributed by atoms with E-state index in [-0.39, 0.29) is 6.54 Å². The van der Waals surface area contributed by atoms with Gasteiger partial charge in [-0.2, -0.15) is 0 Å². The Morgan fingerprint density at radius 2 is 1.54 bits per heavy atom. The fourth-order valence-electron chi connectivity index (χ4n) is 2.73. The Hall–Kier alpha value is -2.17. The van der Waals surface area contributed by atoms with Gasteiger partial charge in [0.25, 0.3) is 0 Å². The SMILES string of the molecule is CC(C)c1ccc(S(=O)(=O)NCc2cccc3ccccc23)cc1. The average Bonchev–Trinajstić information content (AvgIpc) is 2.60. The van der Waals surface area contributed by atoms with Crippen molar-refractivity contribution >= 4 is 20.8 Å². The van der Waals surface area contributed by atoms with Crippen molar-refractivity contribution < 1.29 is 8.42 Å². The maximum atomic E-state index is 12.5. The van der Waals surface area contributed by atoms with Gasteiger partial charge >= 0.3 is 0 Å². The first-order valence-electron chi connectivity index (χ1n) is 8.03. The predicted octanol–water partition coefficient (Wildman–Crippen LogP) is 4.44. The molecular weight excluding hydrogens is 318 g/mol. The van der Waals surface area contributed by atoms with E-state index >= 15 is 0 Å². The second-order valence-electron chi connectivity index (χ2n) is 6.19. The predicted molar refractivity (Wildman–Crippen MR) is 98.5 cm³/mol. The molecule has 0 aliphatic rings. The molecule has 0 aliphatic heterocycles. The number of nitrogens with one attached hydrogen (secondary N) is 1. The molecule has 124 valence electrons. The maximum Gasteiger partial charge on any atom is 0.240 e. The molecule has 0 atom stereocenters. The molecule has 24 heavy (non-hydrogen) atoms. The van der Waals surface area contributed by atoms with Gasteiger partial charge in [-0.1, -0.05) is 68.4 Å². The van der Waals surface area contributed by atoms with Crippen molar-refractivity contribution in [3.63, 3.8) is 0 Å². The molecule has 1 N–H and O–H groups in total. The number of fused-ring (bicyclic) bond motifs is 1. The molecule has 0 unspecified atom stereocenters. The van der Waals surface area contributed by atoms with Crippen molar-refractivity contribution in [1.82, 2.24) is 4.72 Å². The molecule has 3 nitrogen and oxygen atoms in total. The first-order chi connectivity index (χ1) is 11.5. The van der Waals surface area contributed by atoms with E-state index in [0.29, 0.717) is 10.8 Å². The lowest BCUT2D eigenvalue weighted by Gasteiger charge is -2.11. The lowest BCUT2D eigenvalue weighted by molar-refractivity contribution is 0.581. The Kier molecular flexibility index (Phi) is 4.69. The second kappa shape index (κ2) is 6.75. The minimum absolute atomic E-state index is 0.273. The molecule has 4 heteroatoms. The average molecular weight is 339 g/mol. The molecule has 0 aliphatic carbocycles. The van der Waals surface area contributed by atoms with E-state index in [9.17, 15) is 8.42 Å². The van der Waals surface area contributed by atoms with Crippen LogP contribution in [0.2, 0.25) is 0 Å². The minimum Gasteiger partial charge on any atom is -0.207 e. The summed E-state index contributed by atoms with van der Waals surface area (Å²) in [4.78, 5) is 0.298. The van der Waals surface area contributed by atoms with Gasteiger partial charge in [0.15, 0.2) is 0 Å². The summed E-state index contributed by atoms with van der Waals surface area (Å²) < 4.78 is 27.7. The first kappa shape index (κ1) is 16.7. The number of hydrogen-bond acceptors (Lipinski definition) is 2. The van der Waals surface area contributed by atoms with Crippen LogP contribution in [0, 0.1) is 0 Å². The highest BCUT2D eigenvalue weighted by atomic mass is 32.2. The molecule has 0 saturated carbocycles. The van der Waals surface area contributed by atoms with Crippen molar-refractivity contribution in [2.24, 2.45) is 0 Å². The number of hydrogen-bond donors (Lipinski definition) is 1. The van der Waals surface area contributed by atoms with Crippen molar-refractivity contribution in [3.8, 4) is 0 Å². The summed E-state index contributed by atoms with van der Waals surface area (Å²) in [5, 5.41) is 2.17. The van der Waals surface area contributed by atoms with E-state index in [4.69, 9.17) is 0 Å². The first-order valence-corrected chi connectivity index (χ1v) is 9.52. The van der Waals surface area contributed by atoms with Crippen LogP contribution in [-0.2, 0) is 16.6 Å². The zero-order chi connectivity index (χ0) is 17.2. The number of rotatable bonds is 5. The van der Waals surface area contributed by atoms with Crippen LogP contribution in [0.3, 0.4) is 0 Å². The van der Waals surface area contributed by atoms with Gasteiger partial charge in [0.2, 0.25) is 10.0 Å². The second-order valence-corrected chi connectivity index (χ2v) is 7.95. The Morgan fingerprint density at radius 3 is 2.25 bits per heavy atom. The lowest BCUT2D eigenvalue weighted by atomic mass is 10.0. The van der Waals surface area contributed by atoms with Crippen molar-refractivity contribution in [2.75, 3.05) is 0 Å². The summed E-state index contributed by atoms with van der Waals surface area (Å²) in [6, 6.07) is 21.0. The summed E-state index contributed by atoms with van der Waals surface area (Å²) in [7, 11) is -3.52. The van der Waals surface area contributed by atoms with Crippen LogP contribution in [0.25, 0.3) is 10.8 Å². The smallest absolute Gasteiger partial charge is 0.207 e. The fraction of sp³-hybridized carbons (Fsp3) is 0.200. The molecule has 3 rings (SSSR count). The van der Waals surface area contributed by atoms with E-state index in [1.54, 1.807) is 12.1 Å². The number of benzene rings is 3. The van der Waals surface area contributed by atoms with Crippen LogP contribution in [0.4, 0.5) is 0 Å². The third-order valence-corrected chi connectivity index (χ3v) is 5.61. The van der Waals surface area contributed by atoms with Crippen molar-refractivity contribution in [3.05, 3.63) is 77.9 Å². The van der Waals surface area contributed by atoms with Crippen molar-refractivity contribution in [1.29, 1.82) is 0 Å². The molecule has 3 aromatic carbocycles. The molecule has 0 spiro atoms. The van der Waals surface area contributed by atoms with Crippen LogP contribution in [-0.4, -0.2) is 8.42 Å². The van der Waals surface area contributed by atoms with Gasteiger partial charge in [-0.05, 0) is 39.9 Å². The highest BCUT2D eigenvalue weighted by Crippen LogP contribution is 2.20. The van der Waals surface area contributed by atoms with Gasteiger partial charge in [0.1, 0.15) is 0 Å². The van der Waals surface area contributed by atoms with Gasteiger partial charge in [-0.15, -0.1) is 0 Å². The molecule has 0 radical (unpaired) electrons. The van der Waals surface area contributed by atoms with Crippen LogP contribution >= 0.6 is 0 Å². The van der Waals surface area contributed by atoms with Crippen LogP contribution in [0.15, 0.2) is 71.6 Å². The van der Waals surface area contributed by atoms with Gasteiger partial charge in [0.05, 0.1) is 4.90 Å². The Labute approximate surface area is 143 Å². The fourth-order valence-corrected chi connectivity index (χ4v) is 3.74. The molecule has 0 fully saturated rings. The molecular formula is C20H21NO2S.